The van der Waals surface area contributed by atoms with Gasteiger partial charge in [0.2, 0.25) is 17.7 Å². The number of thioether (sulfide) groups is 1. The van der Waals surface area contributed by atoms with Gasteiger partial charge < -0.3 is 24.5 Å². The summed E-state index contributed by atoms with van der Waals surface area (Å²) in [6.45, 7) is 10.9. The Morgan fingerprint density at radius 2 is 1.63 bits per heavy atom. The fourth-order valence-electron chi connectivity index (χ4n) is 8.07. The molecule has 3 saturated heterocycles. The molecule has 6 atom stereocenters. The number of amides is 3. The predicted molar refractivity (Wildman–Crippen MR) is 194 cm³/mol. The molecule has 3 aliphatic rings. The SMILES string of the molecule is C=CCN(Cc1ccccc1)C(=O)C1N([C@@H](CO)Cc2ccccc2)C(=O)[C@@H]2[C@@H](C(=O)N(CC=C)c3ccc(OCC)cc3)[C@H]3CCC12S3. The van der Waals surface area contributed by atoms with Gasteiger partial charge in [-0.2, -0.15) is 0 Å². The first kappa shape index (κ1) is 34.5. The smallest absolute Gasteiger partial charge is 0.247 e. The van der Waals surface area contributed by atoms with Crippen molar-refractivity contribution in [3.8, 4) is 5.75 Å². The van der Waals surface area contributed by atoms with Gasteiger partial charge in [-0.3, -0.25) is 14.4 Å². The number of carbonyl (C=O) groups excluding carboxylic acids is 3. The van der Waals surface area contributed by atoms with Crippen LogP contribution < -0.4 is 9.64 Å². The van der Waals surface area contributed by atoms with Gasteiger partial charge in [0.25, 0.3) is 0 Å². The van der Waals surface area contributed by atoms with E-state index in [1.54, 1.807) is 38.6 Å². The first-order chi connectivity index (χ1) is 23.9. The number of aliphatic hydroxyl groups is 1. The first-order valence-corrected chi connectivity index (χ1v) is 18.0. The highest BCUT2D eigenvalue weighted by atomic mass is 32.2. The summed E-state index contributed by atoms with van der Waals surface area (Å²) in [4.78, 5) is 49.8. The first-order valence-electron chi connectivity index (χ1n) is 17.1. The molecule has 3 aliphatic heterocycles. The Morgan fingerprint density at radius 1 is 0.980 bits per heavy atom. The second-order valence-corrected chi connectivity index (χ2v) is 14.6. The summed E-state index contributed by atoms with van der Waals surface area (Å²) < 4.78 is 4.82. The zero-order valence-electron chi connectivity index (χ0n) is 28.0. The number of benzene rings is 3. The highest BCUT2D eigenvalue weighted by molar-refractivity contribution is 8.02. The van der Waals surface area contributed by atoms with E-state index in [1.165, 1.54) is 0 Å². The largest absolute Gasteiger partial charge is 0.494 e. The van der Waals surface area contributed by atoms with Gasteiger partial charge >= 0.3 is 0 Å². The number of aliphatic hydroxyl groups excluding tert-OH is 1. The second kappa shape index (κ2) is 15.0. The molecule has 0 aliphatic carbocycles. The van der Waals surface area contributed by atoms with Crippen molar-refractivity contribution in [3.05, 3.63) is 121 Å². The summed E-state index contributed by atoms with van der Waals surface area (Å²) >= 11 is 1.63. The summed E-state index contributed by atoms with van der Waals surface area (Å²) in [6.07, 6.45) is 5.14. The van der Waals surface area contributed by atoms with E-state index in [-0.39, 0.29) is 36.1 Å². The predicted octanol–water partition coefficient (Wildman–Crippen LogP) is 5.51. The van der Waals surface area contributed by atoms with Gasteiger partial charge in [0.1, 0.15) is 11.8 Å². The zero-order chi connectivity index (χ0) is 34.5. The van der Waals surface area contributed by atoms with E-state index in [0.717, 1.165) is 17.5 Å². The highest BCUT2D eigenvalue weighted by Crippen LogP contribution is 2.67. The van der Waals surface area contributed by atoms with E-state index in [9.17, 15) is 19.5 Å². The minimum Gasteiger partial charge on any atom is -0.494 e. The van der Waals surface area contributed by atoms with Crippen LogP contribution in [-0.2, 0) is 27.3 Å². The van der Waals surface area contributed by atoms with Crippen molar-refractivity contribution in [1.29, 1.82) is 0 Å². The maximum absolute atomic E-state index is 15.0. The maximum atomic E-state index is 15.0. The van der Waals surface area contributed by atoms with Crippen LogP contribution in [0.4, 0.5) is 5.69 Å². The third kappa shape index (κ3) is 6.54. The molecule has 256 valence electrons. The molecular weight excluding hydrogens is 635 g/mol. The fourth-order valence-corrected chi connectivity index (χ4v) is 10.3. The molecule has 2 bridgehead atoms. The van der Waals surface area contributed by atoms with Crippen molar-refractivity contribution in [2.45, 2.75) is 54.8 Å². The molecule has 1 spiro atoms. The number of likely N-dealkylation sites (tertiary alicyclic amines) is 1. The summed E-state index contributed by atoms with van der Waals surface area (Å²) in [5.41, 5.74) is 2.62. The lowest BCUT2D eigenvalue weighted by atomic mass is 9.70. The highest BCUT2D eigenvalue weighted by Gasteiger charge is 2.74. The fraction of sp³-hybridized carbons (Fsp3) is 0.375. The molecule has 3 aromatic rings. The molecule has 0 radical (unpaired) electrons. The minimum absolute atomic E-state index is 0.113. The third-order valence-corrected chi connectivity index (χ3v) is 12.0. The van der Waals surface area contributed by atoms with E-state index >= 15 is 0 Å². The van der Waals surface area contributed by atoms with Crippen LogP contribution >= 0.6 is 11.8 Å². The van der Waals surface area contributed by atoms with Crippen LogP contribution in [0.1, 0.15) is 30.9 Å². The van der Waals surface area contributed by atoms with Crippen molar-refractivity contribution in [3.63, 3.8) is 0 Å². The number of rotatable bonds is 15. The molecule has 3 fully saturated rings. The van der Waals surface area contributed by atoms with Gasteiger partial charge in [-0.05, 0) is 61.6 Å². The average molecular weight is 680 g/mol. The topological polar surface area (TPSA) is 90.4 Å². The molecule has 6 rings (SSSR count). The number of anilines is 1. The lowest BCUT2D eigenvalue weighted by Crippen LogP contribution is -2.57. The molecule has 3 aromatic carbocycles. The van der Waals surface area contributed by atoms with Gasteiger partial charge in [0.05, 0.1) is 35.8 Å². The monoisotopic (exact) mass is 679 g/mol. The van der Waals surface area contributed by atoms with Gasteiger partial charge in [-0.25, -0.2) is 0 Å². The van der Waals surface area contributed by atoms with E-state index in [4.69, 9.17) is 4.74 Å². The Labute approximate surface area is 293 Å². The van der Waals surface area contributed by atoms with Gasteiger partial charge in [0.15, 0.2) is 0 Å². The Bertz CT molecular complexity index is 1650. The lowest BCUT2D eigenvalue weighted by molar-refractivity contribution is -0.145. The number of hydrogen-bond donors (Lipinski definition) is 1. The van der Waals surface area contributed by atoms with Crippen LogP contribution in [0.25, 0.3) is 0 Å². The van der Waals surface area contributed by atoms with E-state index in [2.05, 4.69) is 13.2 Å². The third-order valence-electron chi connectivity index (χ3n) is 10.1. The number of nitrogens with zero attached hydrogens (tertiary/aromatic N) is 3. The van der Waals surface area contributed by atoms with Gasteiger partial charge in [-0.1, -0.05) is 72.8 Å². The number of fused-ring (bicyclic) bond motifs is 1. The van der Waals surface area contributed by atoms with E-state index in [1.807, 2.05) is 91.9 Å². The minimum atomic E-state index is -0.847. The Kier molecular flexibility index (Phi) is 10.6. The van der Waals surface area contributed by atoms with Crippen molar-refractivity contribution in [1.82, 2.24) is 9.80 Å². The summed E-state index contributed by atoms with van der Waals surface area (Å²) in [7, 11) is 0. The number of carbonyl (C=O) groups is 3. The molecule has 8 nitrogen and oxygen atoms in total. The Hall–Kier alpha value is -4.34. The molecule has 1 N–H and O–H groups in total. The van der Waals surface area contributed by atoms with Crippen LogP contribution in [0.15, 0.2) is 110 Å². The van der Waals surface area contributed by atoms with Crippen LogP contribution in [-0.4, -0.2) is 81.0 Å². The van der Waals surface area contributed by atoms with E-state index in [0.29, 0.717) is 44.0 Å². The van der Waals surface area contributed by atoms with Crippen molar-refractivity contribution in [2.75, 3.05) is 31.2 Å². The summed E-state index contributed by atoms with van der Waals surface area (Å²) in [5.74, 6) is -1.18. The molecule has 9 heteroatoms. The molecule has 49 heavy (non-hydrogen) atoms. The Morgan fingerprint density at radius 3 is 2.24 bits per heavy atom. The standard InChI is InChI=1S/C40H45N3O5S/c1-4-23-41(26-29-15-11-8-12-16-29)39(47)36-40-22-21-33(49-40)34(37(45)42(24-5-2)30-17-19-32(20-18-30)48-6-3)35(40)38(46)43(36)31(27-44)25-28-13-9-7-10-14-28/h4-5,7-20,31,33-36,44H,1-2,6,21-27H2,3H3/t31-,33-,34+,35+,36?,40?/m1/s1. The Balaban J connectivity index is 1.40. The second-order valence-electron chi connectivity index (χ2n) is 13.0. The summed E-state index contributed by atoms with van der Waals surface area (Å²) in [5, 5.41) is 10.8. The molecule has 3 amide bonds. The van der Waals surface area contributed by atoms with Crippen molar-refractivity contribution in [2.24, 2.45) is 11.8 Å². The van der Waals surface area contributed by atoms with E-state index < -0.39 is 28.7 Å². The number of hydrogen-bond acceptors (Lipinski definition) is 6. The number of ether oxygens (including phenoxy) is 1. The van der Waals surface area contributed by atoms with Crippen LogP contribution in [0, 0.1) is 11.8 Å². The molecule has 3 heterocycles. The molecular formula is C40H45N3O5S. The average Bonchev–Trinajstić information content (AvgIpc) is 3.77. The zero-order valence-corrected chi connectivity index (χ0v) is 28.8. The summed E-state index contributed by atoms with van der Waals surface area (Å²) in [6, 6.07) is 25.4. The molecule has 2 unspecified atom stereocenters. The van der Waals surface area contributed by atoms with Crippen LogP contribution in [0.2, 0.25) is 0 Å². The molecule has 0 aromatic heterocycles. The van der Waals surface area contributed by atoms with Gasteiger partial charge in [-0.15, -0.1) is 24.9 Å². The lowest BCUT2D eigenvalue weighted by Gasteiger charge is -2.40. The quantitative estimate of drug-likeness (QED) is 0.213. The van der Waals surface area contributed by atoms with Crippen molar-refractivity contribution >= 4 is 35.2 Å². The van der Waals surface area contributed by atoms with Gasteiger partial charge in [0, 0.05) is 30.6 Å². The van der Waals surface area contributed by atoms with Crippen LogP contribution in [0.5, 0.6) is 5.75 Å². The van der Waals surface area contributed by atoms with Crippen molar-refractivity contribution < 1.29 is 24.2 Å². The maximum Gasteiger partial charge on any atom is 0.247 e. The molecule has 0 saturated carbocycles. The van der Waals surface area contributed by atoms with Crippen LogP contribution in [0.3, 0.4) is 0 Å². The normalized spacial score (nSPS) is 24.3.